The fourth-order valence-electron chi connectivity index (χ4n) is 10.1. The van der Waals surface area contributed by atoms with Crippen molar-refractivity contribution in [3.63, 3.8) is 0 Å². The molecule has 0 bridgehead atoms. The number of ketones is 4. The van der Waals surface area contributed by atoms with Gasteiger partial charge in [0.15, 0.2) is 11.6 Å². The molecule has 2 saturated heterocycles. The summed E-state index contributed by atoms with van der Waals surface area (Å²) in [6, 6.07) is 40.3. The lowest BCUT2D eigenvalue weighted by molar-refractivity contribution is 0.0321. The predicted octanol–water partition coefficient (Wildman–Crippen LogP) is 12.6. The highest BCUT2D eigenvalue weighted by atomic mass is 35.5. The summed E-state index contributed by atoms with van der Waals surface area (Å²) in [6.07, 6.45) is 10.2. The van der Waals surface area contributed by atoms with Gasteiger partial charge in [-0.1, -0.05) is 59.6 Å². The summed E-state index contributed by atoms with van der Waals surface area (Å²) in [5.41, 5.74) is 6.56. The van der Waals surface area contributed by atoms with Crippen LogP contribution in [0, 0.1) is 13.8 Å². The summed E-state index contributed by atoms with van der Waals surface area (Å²) in [6.45, 7) is 13.8. The normalized spacial score (nSPS) is 13.9. The van der Waals surface area contributed by atoms with Crippen molar-refractivity contribution < 1.29 is 52.4 Å². The zero-order chi connectivity index (χ0) is 59.9. The first-order valence-electron chi connectivity index (χ1n) is 28.4. The summed E-state index contributed by atoms with van der Waals surface area (Å²) >= 11 is 12.8. The zero-order valence-corrected chi connectivity index (χ0v) is 49.3. The highest BCUT2D eigenvalue weighted by Gasteiger charge is 2.21. The Morgan fingerprint density at radius 1 is 0.453 bits per heavy atom. The minimum Gasteiger partial charge on any atom is -0.492 e. The van der Waals surface area contributed by atoms with Gasteiger partial charge in [0.2, 0.25) is 11.6 Å². The fraction of sp³-hybridized carbons (Fsp3) is 0.232. The van der Waals surface area contributed by atoms with Crippen molar-refractivity contribution in [2.75, 3.05) is 78.9 Å². The van der Waals surface area contributed by atoms with Gasteiger partial charge in [0.25, 0.3) is 0 Å². The van der Waals surface area contributed by atoms with Gasteiger partial charge in [-0.25, -0.2) is 4.79 Å². The van der Waals surface area contributed by atoms with Crippen LogP contribution in [0.1, 0.15) is 86.2 Å². The molecule has 0 saturated carbocycles. The third-order valence-electron chi connectivity index (χ3n) is 14.7. The summed E-state index contributed by atoms with van der Waals surface area (Å²) < 4.78 is 37.4. The SMILES string of the molecule is Cc1cc(C(=O)c2ccc(OCCN3CCOCC3)cc2)n(C/C=C/c2ccc(Cl)cc2C(=O)c2ccc(OC(=O)Oc3ccc(C(=O)c4cc(Cl)ccc4/C=C/Cn4cc(C)cc4C(=O)c4ccc(OCCN5CCOCC5)cc4)cc3)cc2)c1. The number of aryl methyl sites for hydroxylation is 2. The van der Waals surface area contributed by atoms with Crippen LogP contribution in [0.2, 0.25) is 10.0 Å². The average molecular weight is 1200 g/mol. The number of ether oxygens (including phenoxy) is 6. The molecule has 4 heterocycles. The molecule has 0 spiro atoms. The van der Waals surface area contributed by atoms with Crippen LogP contribution in [0.5, 0.6) is 23.0 Å². The van der Waals surface area contributed by atoms with E-state index in [0.29, 0.717) is 104 Å². The third kappa shape index (κ3) is 16.0. The van der Waals surface area contributed by atoms with E-state index in [0.717, 1.165) is 76.8 Å². The molecule has 2 aromatic heterocycles. The van der Waals surface area contributed by atoms with Gasteiger partial charge in [0, 0.05) is 108 Å². The molecule has 0 amide bonds. The Labute approximate surface area is 509 Å². The van der Waals surface area contributed by atoms with Crippen LogP contribution < -0.4 is 18.9 Å². The van der Waals surface area contributed by atoms with E-state index in [4.69, 9.17) is 51.6 Å². The topological polar surface area (TPSA) is 157 Å². The zero-order valence-electron chi connectivity index (χ0n) is 47.8. The Morgan fingerprint density at radius 2 is 0.802 bits per heavy atom. The van der Waals surface area contributed by atoms with Gasteiger partial charge in [-0.05, 0) is 170 Å². The second kappa shape index (κ2) is 28.9. The summed E-state index contributed by atoms with van der Waals surface area (Å²) in [5, 5.41) is 0.750. The molecule has 0 N–H and O–H groups in total. The predicted molar refractivity (Wildman–Crippen MR) is 331 cm³/mol. The van der Waals surface area contributed by atoms with Crippen molar-refractivity contribution in [3.05, 3.63) is 247 Å². The molecular weight excluding hydrogens is 1130 g/mol. The smallest absolute Gasteiger partial charge is 0.492 e. The molecule has 8 aromatic rings. The van der Waals surface area contributed by atoms with Crippen LogP contribution in [0.15, 0.2) is 170 Å². The van der Waals surface area contributed by atoms with E-state index >= 15 is 0 Å². The van der Waals surface area contributed by atoms with E-state index < -0.39 is 6.16 Å². The Balaban J connectivity index is 0.711. The summed E-state index contributed by atoms with van der Waals surface area (Å²) in [4.78, 5) is 73.0. The van der Waals surface area contributed by atoms with Crippen LogP contribution in [0.25, 0.3) is 12.2 Å². The third-order valence-corrected chi connectivity index (χ3v) is 15.1. The Bertz CT molecular complexity index is 3520. The lowest BCUT2D eigenvalue weighted by Crippen LogP contribution is -2.38. The molecule has 0 aliphatic carbocycles. The van der Waals surface area contributed by atoms with E-state index in [2.05, 4.69) is 9.80 Å². The molecule has 10 rings (SSSR count). The molecule has 15 nitrogen and oxygen atoms in total. The lowest BCUT2D eigenvalue weighted by atomic mass is 9.98. The number of aromatic nitrogens is 2. The standard InChI is InChI=1S/C69H64Cl2N4O11/c1-47-41-63(67(78)53-9-19-57(20-10-53)83-39-33-72-29-35-81-36-30-72)74(45-47)27-3-5-49-7-17-55(70)43-61(49)65(76)51-13-23-59(24-14-51)85-69(80)86-60-25-15-52(16-26-60)66(77)62-44-56(71)18-8-50(62)6-4-28-75-46-48(2)42-64(75)68(79)54-11-21-58(22-12-54)84-40-34-73-31-37-82-38-32-73/h3-26,41-46H,27-40H2,1-2H3/b5-3+,6-4+. The van der Waals surface area contributed by atoms with Gasteiger partial charge in [-0.15, -0.1) is 0 Å². The number of hydrogen-bond donors (Lipinski definition) is 0. The first kappa shape index (κ1) is 60.5. The molecule has 440 valence electrons. The number of rotatable bonds is 24. The van der Waals surface area contributed by atoms with Crippen LogP contribution in [0.4, 0.5) is 4.79 Å². The van der Waals surface area contributed by atoms with Crippen LogP contribution in [-0.2, 0) is 22.6 Å². The van der Waals surface area contributed by atoms with Crippen molar-refractivity contribution >= 4 is 64.6 Å². The number of allylic oxidation sites excluding steroid dienone is 2. The van der Waals surface area contributed by atoms with Gasteiger partial charge in [0.1, 0.15) is 36.2 Å². The molecule has 17 heteroatoms. The molecule has 2 aliphatic rings. The monoisotopic (exact) mass is 1190 g/mol. The number of hydrogen-bond acceptors (Lipinski definition) is 13. The maximum atomic E-state index is 14.0. The largest absolute Gasteiger partial charge is 0.519 e. The molecule has 2 aliphatic heterocycles. The number of halogens is 2. The second-order valence-electron chi connectivity index (χ2n) is 20.9. The Morgan fingerprint density at radius 3 is 1.17 bits per heavy atom. The molecule has 0 unspecified atom stereocenters. The molecule has 0 atom stereocenters. The van der Waals surface area contributed by atoms with Crippen LogP contribution in [-0.4, -0.2) is 127 Å². The van der Waals surface area contributed by atoms with Gasteiger partial charge in [0.05, 0.1) is 37.8 Å². The van der Waals surface area contributed by atoms with E-state index in [-0.39, 0.29) is 34.6 Å². The van der Waals surface area contributed by atoms with Crippen molar-refractivity contribution in [1.29, 1.82) is 0 Å². The number of carbonyl (C=O) groups is 5. The minimum absolute atomic E-state index is 0.126. The minimum atomic E-state index is -1.03. The number of carbonyl (C=O) groups excluding carboxylic acids is 5. The maximum absolute atomic E-state index is 14.0. The first-order valence-corrected chi connectivity index (χ1v) is 29.2. The Kier molecular flexibility index (Phi) is 20.3. The van der Waals surface area contributed by atoms with Crippen molar-refractivity contribution in [2.24, 2.45) is 0 Å². The number of benzene rings is 6. The van der Waals surface area contributed by atoms with E-state index in [1.807, 2.05) is 96.1 Å². The Hall–Kier alpha value is -8.67. The van der Waals surface area contributed by atoms with Crippen molar-refractivity contribution in [1.82, 2.24) is 18.9 Å². The molecule has 0 radical (unpaired) electrons. The number of nitrogens with zero attached hydrogens (tertiary/aromatic N) is 4. The molecular formula is C69H64Cl2N4O11. The molecule has 6 aromatic carbocycles. The number of morpholine rings is 2. The average Bonchev–Trinajstić information content (AvgIpc) is 4.22. The molecule has 2 fully saturated rings. The van der Waals surface area contributed by atoms with E-state index in [9.17, 15) is 24.0 Å². The highest BCUT2D eigenvalue weighted by Crippen LogP contribution is 2.27. The van der Waals surface area contributed by atoms with Crippen LogP contribution in [0.3, 0.4) is 0 Å². The van der Waals surface area contributed by atoms with Gasteiger partial charge in [-0.2, -0.15) is 0 Å². The summed E-state index contributed by atoms with van der Waals surface area (Å²) in [5.74, 6) is 0.774. The van der Waals surface area contributed by atoms with Crippen molar-refractivity contribution in [3.8, 4) is 23.0 Å². The first-order chi connectivity index (χ1) is 41.8. The highest BCUT2D eigenvalue weighted by molar-refractivity contribution is 6.31. The maximum Gasteiger partial charge on any atom is 0.519 e. The van der Waals surface area contributed by atoms with Gasteiger partial charge < -0.3 is 37.6 Å². The van der Waals surface area contributed by atoms with E-state index in [1.54, 1.807) is 60.7 Å². The lowest BCUT2D eigenvalue weighted by Gasteiger charge is -2.26. The van der Waals surface area contributed by atoms with Crippen LogP contribution >= 0.6 is 23.2 Å². The second-order valence-corrected chi connectivity index (χ2v) is 21.7. The van der Waals surface area contributed by atoms with Gasteiger partial charge in [-0.3, -0.25) is 29.0 Å². The molecule has 86 heavy (non-hydrogen) atoms. The van der Waals surface area contributed by atoms with Gasteiger partial charge >= 0.3 is 6.16 Å². The fourth-order valence-corrected chi connectivity index (χ4v) is 10.5. The van der Waals surface area contributed by atoms with Crippen molar-refractivity contribution in [2.45, 2.75) is 26.9 Å². The summed E-state index contributed by atoms with van der Waals surface area (Å²) in [7, 11) is 0. The van der Waals surface area contributed by atoms with E-state index in [1.165, 1.54) is 48.5 Å². The quantitative estimate of drug-likeness (QED) is 0.0320.